The van der Waals surface area contributed by atoms with Gasteiger partial charge in [0.1, 0.15) is 6.04 Å². The second-order valence-corrected chi connectivity index (χ2v) is 5.58. The van der Waals surface area contributed by atoms with Crippen LogP contribution < -0.4 is 11.1 Å². The van der Waals surface area contributed by atoms with Crippen molar-refractivity contribution in [2.24, 2.45) is 5.73 Å². The lowest BCUT2D eigenvalue weighted by Gasteiger charge is -2.14. The van der Waals surface area contributed by atoms with E-state index in [-0.39, 0.29) is 5.91 Å². The Labute approximate surface area is 126 Å². The van der Waals surface area contributed by atoms with Gasteiger partial charge in [-0.2, -0.15) is 0 Å². The molecule has 0 bridgehead atoms. The minimum Gasteiger partial charge on any atom is -0.324 e. The SMILES string of the molecule is Cc1cc(I)ccc1NC(=O)C(N)c1ccccc1. The zero-order valence-electron chi connectivity index (χ0n) is 10.6. The number of halogens is 1. The van der Waals surface area contributed by atoms with Crippen LogP contribution in [-0.4, -0.2) is 5.91 Å². The van der Waals surface area contributed by atoms with Crippen molar-refractivity contribution in [1.82, 2.24) is 0 Å². The molecule has 0 saturated carbocycles. The van der Waals surface area contributed by atoms with Crippen molar-refractivity contribution in [2.75, 3.05) is 5.32 Å². The third-order valence-electron chi connectivity index (χ3n) is 2.89. The van der Waals surface area contributed by atoms with Crippen LogP contribution in [-0.2, 0) is 4.79 Å². The van der Waals surface area contributed by atoms with Crippen LogP contribution in [0, 0.1) is 10.5 Å². The van der Waals surface area contributed by atoms with Gasteiger partial charge in [0.2, 0.25) is 5.91 Å². The summed E-state index contributed by atoms with van der Waals surface area (Å²) in [7, 11) is 0. The summed E-state index contributed by atoms with van der Waals surface area (Å²) in [5.41, 5.74) is 8.59. The van der Waals surface area contributed by atoms with Crippen molar-refractivity contribution in [3.05, 3.63) is 63.2 Å². The first-order valence-electron chi connectivity index (χ1n) is 5.95. The van der Waals surface area contributed by atoms with Gasteiger partial charge in [0.15, 0.2) is 0 Å². The molecule has 0 spiro atoms. The quantitative estimate of drug-likeness (QED) is 0.820. The van der Waals surface area contributed by atoms with Gasteiger partial charge >= 0.3 is 0 Å². The van der Waals surface area contributed by atoms with Crippen molar-refractivity contribution in [3.8, 4) is 0 Å². The molecule has 0 aliphatic carbocycles. The molecule has 0 heterocycles. The molecule has 1 atom stereocenters. The average Bonchev–Trinajstić information content (AvgIpc) is 2.42. The molecule has 0 saturated heterocycles. The maximum absolute atomic E-state index is 12.1. The first-order chi connectivity index (χ1) is 9.08. The van der Waals surface area contributed by atoms with Crippen LogP contribution in [0.5, 0.6) is 0 Å². The van der Waals surface area contributed by atoms with Gasteiger partial charge in [0, 0.05) is 9.26 Å². The fraction of sp³-hybridized carbons (Fsp3) is 0.133. The molecule has 3 nitrogen and oxygen atoms in total. The average molecular weight is 366 g/mol. The molecular formula is C15H15IN2O. The van der Waals surface area contributed by atoms with Crippen molar-refractivity contribution >= 4 is 34.2 Å². The number of benzene rings is 2. The summed E-state index contributed by atoms with van der Waals surface area (Å²) in [6.45, 7) is 1.96. The second kappa shape index (κ2) is 6.16. The zero-order chi connectivity index (χ0) is 13.8. The fourth-order valence-electron chi connectivity index (χ4n) is 1.79. The first kappa shape index (κ1) is 14.0. The number of amides is 1. The van der Waals surface area contributed by atoms with E-state index in [0.29, 0.717) is 0 Å². The predicted molar refractivity (Wildman–Crippen MR) is 85.9 cm³/mol. The van der Waals surface area contributed by atoms with Crippen LogP contribution in [0.15, 0.2) is 48.5 Å². The summed E-state index contributed by atoms with van der Waals surface area (Å²) in [5.74, 6) is -0.199. The maximum atomic E-state index is 12.1. The van der Waals surface area contributed by atoms with Gasteiger partial charge in [-0.05, 0) is 58.8 Å². The molecule has 2 rings (SSSR count). The monoisotopic (exact) mass is 366 g/mol. The van der Waals surface area contributed by atoms with E-state index in [1.807, 2.05) is 55.5 Å². The van der Waals surface area contributed by atoms with E-state index in [4.69, 9.17) is 5.73 Å². The summed E-state index contributed by atoms with van der Waals surface area (Å²) in [6.07, 6.45) is 0. The van der Waals surface area contributed by atoms with Crippen molar-refractivity contribution in [2.45, 2.75) is 13.0 Å². The normalized spacial score (nSPS) is 11.9. The van der Waals surface area contributed by atoms with Crippen LogP contribution in [0.25, 0.3) is 0 Å². The number of hydrogen-bond acceptors (Lipinski definition) is 2. The highest BCUT2D eigenvalue weighted by molar-refractivity contribution is 14.1. The van der Waals surface area contributed by atoms with Gasteiger partial charge in [0.25, 0.3) is 0 Å². The van der Waals surface area contributed by atoms with Gasteiger partial charge in [0.05, 0.1) is 0 Å². The van der Waals surface area contributed by atoms with E-state index >= 15 is 0 Å². The number of anilines is 1. The third-order valence-corrected chi connectivity index (χ3v) is 3.56. The number of rotatable bonds is 3. The minimum absolute atomic E-state index is 0.199. The van der Waals surface area contributed by atoms with Crippen LogP contribution in [0.4, 0.5) is 5.69 Å². The topological polar surface area (TPSA) is 55.1 Å². The van der Waals surface area contributed by atoms with Gasteiger partial charge in [-0.15, -0.1) is 0 Å². The lowest BCUT2D eigenvalue weighted by molar-refractivity contribution is -0.117. The van der Waals surface area contributed by atoms with E-state index in [0.717, 1.165) is 20.4 Å². The van der Waals surface area contributed by atoms with E-state index in [9.17, 15) is 4.79 Å². The Bertz CT molecular complexity index is 584. The molecule has 19 heavy (non-hydrogen) atoms. The fourth-order valence-corrected chi connectivity index (χ4v) is 2.44. The molecule has 1 unspecified atom stereocenters. The van der Waals surface area contributed by atoms with E-state index < -0.39 is 6.04 Å². The molecule has 0 aliphatic rings. The highest BCUT2D eigenvalue weighted by Crippen LogP contribution is 2.19. The van der Waals surface area contributed by atoms with E-state index in [1.54, 1.807) is 0 Å². The molecule has 3 N–H and O–H groups in total. The Kier molecular flexibility index (Phi) is 4.55. The minimum atomic E-state index is -0.653. The Morgan fingerprint density at radius 3 is 2.53 bits per heavy atom. The summed E-state index contributed by atoms with van der Waals surface area (Å²) in [4.78, 5) is 12.1. The number of carbonyl (C=O) groups excluding carboxylic acids is 1. The molecule has 1 amide bonds. The summed E-state index contributed by atoms with van der Waals surface area (Å²) >= 11 is 2.24. The van der Waals surface area contributed by atoms with Crippen molar-refractivity contribution in [3.63, 3.8) is 0 Å². The van der Waals surface area contributed by atoms with Crippen LogP contribution in [0.3, 0.4) is 0 Å². The van der Waals surface area contributed by atoms with Gasteiger partial charge in [-0.25, -0.2) is 0 Å². The Morgan fingerprint density at radius 2 is 1.89 bits per heavy atom. The van der Waals surface area contributed by atoms with Crippen LogP contribution in [0.2, 0.25) is 0 Å². The van der Waals surface area contributed by atoms with E-state index in [1.165, 1.54) is 0 Å². The molecule has 98 valence electrons. The number of hydrogen-bond donors (Lipinski definition) is 2. The molecule has 0 radical (unpaired) electrons. The largest absolute Gasteiger partial charge is 0.324 e. The van der Waals surface area contributed by atoms with Crippen LogP contribution >= 0.6 is 22.6 Å². The highest BCUT2D eigenvalue weighted by Gasteiger charge is 2.16. The third kappa shape index (κ3) is 3.54. The molecule has 2 aromatic carbocycles. The first-order valence-corrected chi connectivity index (χ1v) is 7.03. The number of nitrogens with one attached hydrogen (secondary N) is 1. The Balaban J connectivity index is 2.13. The summed E-state index contributed by atoms with van der Waals surface area (Å²) in [6, 6.07) is 14.6. The molecule has 2 aromatic rings. The highest BCUT2D eigenvalue weighted by atomic mass is 127. The zero-order valence-corrected chi connectivity index (χ0v) is 12.7. The number of carbonyl (C=O) groups is 1. The standard InChI is InChI=1S/C15H15IN2O/c1-10-9-12(16)7-8-13(10)18-15(19)14(17)11-5-3-2-4-6-11/h2-9,14H,17H2,1H3,(H,18,19). The lowest BCUT2D eigenvalue weighted by atomic mass is 10.1. The number of nitrogens with two attached hydrogens (primary N) is 1. The molecule has 0 fully saturated rings. The van der Waals surface area contributed by atoms with Crippen molar-refractivity contribution in [1.29, 1.82) is 0 Å². The van der Waals surface area contributed by atoms with Gasteiger partial charge in [-0.1, -0.05) is 30.3 Å². The lowest BCUT2D eigenvalue weighted by Crippen LogP contribution is -2.27. The Morgan fingerprint density at radius 1 is 1.21 bits per heavy atom. The molecule has 0 aromatic heterocycles. The van der Waals surface area contributed by atoms with Crippen LogP contribution in [0.1, 0.15) is 17.2 Å². The summed E-state index contributed by atoms with van der Waals surface area (Å²) < 4.78 is 1.14. The maximum Gasteiger partial charge on any atom is 0.245 e. The summed E-state index contributed by atoms with van der Waals surface area (Å²) in [5, 5.41) is 2.87. The van der Waals surface area contributed by atoms with Gasteiger partial charge < -0.3 is 11.1 Å². The number of aryl methyl sites for hydroxylation is 1. The smallest absolute Gasteiger partial charge is 0.245 e. The molecular weight excluding hydrogens is 351 g/mol. The van der Waals surface area contributed by atoms with Gasteiger partial charge in [-0.3, -0.25) is 4.79 Å². The predicted octanol–water partition coefficient (Wildman–Crippen LogP) is 3.24. The Hall–Kier alpha value is -1.40. The van der Waals surface area contributed by atoms with Crippen molar-refractivity contribution < 1.29 is 4.79 Å². The molecule has 4 heteroatoms. The second-order valence-electron chi connectivity index (χ2n) is 4.34. The molecule has 0 aliphatic heterocycles. The van der Waals surface area contributed by atoms with E-state index in [2.05, 4.69) is 27.9 Å².